The van der Waals surface area contributed by atoms with E-state index in [1.54, 1.807) is 18.3 Å². The molecule has 1 aromatic heterocycles. The van der Waals surface area contributed by atoms with Crippen molar-refractivity contribution in [2.45, 2.75) is 0 Å². The van der Waals surface area contributed by atoms with Crippen LogP contribution in [0.1, 0.15) is 10.4 Å². The molecule has 12 heavy (non-hydrogen) atoms. The number of aromatic nitrogens is 1. The minimum absolute atomic E-state index is 0.428. The van der Waals surface area contributed by atoms with Crippen molar-refractivity contribution in [3.05, 3.63) is 30.0 Å². The second-order valence-electron chi connectivity index (χ2n) is 2.35. The van der Waals surface area contributed by atoms with Crippen LogP contribution in [0.2, 0.25) is 0 Å². The minimum Gasteiger partial charge on any atom is -0.276 e. The highest BCUT2D eigenvalue weighted by Crippen LogP contribution is 2.19. The quantitative estimate of drug-likeness (QED) is 0.658. The summed E-state index contributed by atoms with van der Waals surface area (Å²) in [6.45, 7) is 0. The van der Waals surface area contributed by atoms with Crippen molar-refractivity contribution in [1.82, 2.24) is 4.37 Å². The molecule has 0 bridgehead atoms. The summed E-state index contributed by atoms with van der Waals surface area (Å²) in [6.07, 6.45) is 1.73. The number of halogens is 1. The van der Waals surface area contributed by atoms with Gasteiger partial charge in [0.25, 0.3) is 5.24 Å². The minimum atomic E-state index is -0.428. The van der Waals surface area contributed by atoms with E-state index in [0.29, 0.717) is 5.56 Å². The molecule has 0 unspecified atom stereocenters. The summed E-state index contributed by atoms with van der Waals surface area (Å²) >= 11 is 6.72. The van der Waals surface area contributed by atoms with E-state index in [1.807, 2.05) is 6.07 Å². The zero-order valence-electron chi connectivity index (χ0n) is 5.95. The number of hydrogen-bond donors (Lipinski definition) is 0. The molecule has 0 fully saturated rings. The van der Waals surface area contributed by atoms with Crippen LogP contribution in [0.25, 0.3) is 10.1 Å². The predicted octanol–water partition coefficient (Wildman–Crippen LogP) is 2.68. The smallest absolute Gasteiger partial charge is 0.252 e. The Morgan fingerprint density at radius 3 is 3.08 bits per heavy atom. The molecule has 0 radical (unpaired) electrons. The lowest BCUT2D eigenvalue weighted by atomic mass is 10.2. The Balaban J connectivity index is 2.68. The molecule has 0 N–H and O–H groups in total. The lowest BCUT2D eigenvalue weighted by molar-refractivity contribution is 0.108. The van der Waals surface area contributed by atoms with E-state index in [9.17, 15) is 4.79 Å². The largest absolute Gasteiger partial charge is 0.276 e. The molecule has 60 valence electrons. The molecule has 0 aliphatic heterocycles. The van der Waals surface area contributed by atoms with Crippen LogP contribution in [0.5, 0.6) is 0 Å². The van der Waals surface area contributed by atoms with Crippen molar-refractivity contribution >= 4 is 38.5 Å². The maximum Gasteiger partial charge on any atom is 0.252 e. The van der Waals surface area contributed by atoms with Crippen molar-refractivity contribution in [1.29, 1.82) is 0 Å². The van der Waals surface area contributed by atoms with E-state index in [2.05, 4.69) is 4.37 Å². The second kappa shape index (κ2) is 2.84. The highest BCUT2D eigenvalue weighted by Gasteiger charge is 2.03. The third-order valence-electron chi connectivity index (χ3n) is 1.58. The normalized spacial score (nSPS) is 10.4. The Bertz CT molecular complexity index is 437. The van der Waals surface area contributed by atoms with E-state index in [-0.39, 0.29) is 0 Å². The second-order valence-corrected chi connectivity index (χ2v) is 3.53. The van der Waals surface area contributed by atoms with Crippen LogP contribution in [0, 0.1) is 0 Å². The van der Waals surface area contributed by atoms with Gasteiger partial charge in [-0.15, -0.1) is 0 Å². The van der Waals surface area contributed by atoms with Gasteiger partial charge in [0.1, 0.15) is 0 Å². The van der Waals surface area contributed by atoms with Crippen LogP contribution >= 0.6 is 23.1 Å². The van der Waals surface area contributed by atoms with Gasteiger partial charge in [0.15, 0.2) is 0 Å². The van der Waals surface area contributed by atoms with Gasteiger partial charge in [0.05, 0.1) is 4.70 Å². The first-order valence-electron chi connectivity index (χ1n) is 3.31. The van der Waals surface area contributed by atoms with Gasteiger partial charge in [0.2, 0.25) is 0 Å². The van der Waals surface area contributed by atoms with Crippen LogP contribution in [-0.2, 0) is 0 Å². The molecule has 0 saturated carbocycles. The number of hydrogen-bond acceptors (Lipinski definition) is 3. The molecule has 0 atom stereocenters. The van der Waals surface area contributed by atoms with Crippen molar-refractivity contribution in [2.24, 2.45) is 0 Å². The Morgan fingerprint density at radius 1 is 1.50 bits per heavy atom. The van der Waals surface area contributed by atoms with Crippen molar-refractivity contribution in [3.8, 4) is 0 Å². The number of carbonyl (C=O) groups is 1. The predicted molar refractivity (Wildman–Crippen MR) is 49.8 cm³/mol. The lowest BCUT2D eigenvalue weighted by Crippen LogP contribution is -1.85. The molecule has 2 rings (SSSR count). The summed E-state index contributed by atoms with van der Waals surface area (Å²) in [5, 5.41) is 0.537. The van der Waals surface area contributed by atoms with Gasteiger partial charge >= 0.3 is 0 Å². The highest BCUT2D eigenvalue weighted by molar-refractivity contribution is 7.13. The van der Waals surface area contributed by atoms with Gasteiger partial charge in [-0.05, 0) is 41.3 Å². The Hall–Kier alpha value is -0.930. The number of carbonyl (C=O) groups excluding carboxylic acids is 1. The zero-order valence-corrected chi connectivity index (χ0v) is 7.52. The molecule has 0 amide bonds. The third-order valence-corrected chi connectivity index (χ3v) is 2.58. The maximum absolute atomic E-state index is 10.8. The number of benzene rings is 1. The van der Waals surface area contributed by atoms with Gasteiger partial charge in [0, 0.05) is 17.1 Å². The summed E-state index contributed by atoms with van der Waals surface area (Å²) in [4.78, 5) is 10.8. The fraction of sp³-hybridized carbons (Fsp3) is 0. The van der Waals surface area contributed by atoms with Crippen LogP contribution in [0.4, 0.5) is 0 Å². The van der Waals surface area contributed by atoms with Crippen LogP contribution in [0.15, 0.2) is 24.4 Å². The Morgan fingerprint density at radius 2 is 2.33 bits per heavy atom. The summed E-state index contributed by atoms with van der Waals surface area (Å²) in [6, 6.07) is 5.30. The molecule has 0 spiro atoms. The molecule has 0 aliphatic carbocycles. The van der Waals surface area contributed by atoms with Crippen LogP contribution in [-0.4, -0.2) is 9.62 Å². The van der Waals surface area contributed by atoms with Crippen LogP contribution in [0.3, 0.4) is 0 Å². The highest BCUT2D eigenvalue weighted by atomic mass is 35.5. The number of fused-ring (bicyclic) bond motifs is 1. The van der Waals surface area contributed by atoms with Crippen LogP contribution < -0.4 is 0 Å². The molecule has 0 aliphatic rings. The van der Waals surface area contributed by atoms with Gasteiger partial charge in [-0.3, -0.25) is 4.79 Å². The third kappa shape index (κ3) is 1.21. The van der Waals surface area contributed by atoms with Crippen molar-refractivity contribution in [3.63, 3.8) is 0 Å². The van der Waals surface area contributed by atoms with Gasteiger partial charge < -0.3 is 0 Å². The molecule has 2 nitrogen and oxygen atoms in total. The van der Waals surface area contributed by atoms with E-state index < -0.39 is 5.24 Å². The molecule has 0 saturated heterocycles. The number of rotatable bonds is 1. The molecule has 1 aromatic carbocycles. The first-order valence-corrected chi connectivity index (χ1v) is 4.47. The molecule has 2 aromatic rings. The summed E-state index contributed by atoms with van der Waals surface area (Å²) in [5.74, 6) is 0. The molecular formula is C8H4ClNOS. The van der Waals surface area contributed by atoms with Gasteiger partial charge in [-0.2, -0.15) is 4.37 Å². The first kappa shape index (κ1) is 7.71. The molecular weight excluding hydrogens is 194 g/mol. The summed E-state index contributed by atoms with van der Waals surface area (Å²) < 4.78 is 5.06. The Kier molecular flexibility index (Phi) is 1.83. The topological polar surface area (TPSA) is 30.0 Å². The average Bonchev–Trinajstić information content (AvgIpc) is 2.49. The first-order chi connectivity index (χ1) is 5.77. The SMILES string of the molecule is O=C(Cl)c1ccc2sncc2c1. The van der Waals surface area contributed by atoms with Gasteiger partial charge in [-0.1, -0.05) is 0 Å². The maximum atomic E-state index is 10.8. The lowest BCUT2D eigenvalue weighted by Gasteiger charge is -1.91. The summed E-state index contributed by atoms with van der Waals surface area (Å²) in [7, 11) is 0. The number of nitrogens with zero attached hydrogens (tertiary/aromatic N) is 1. The van der Waals surface area contributed by atoms with Crippen molar-refractivity contribution < 1.29 is 4.79 Å². The molecule has 1 heterocycles. The standard InChI is InChI=1S/C8H4ClNOS/c9-8(11)5-1-2-7-6(3-5)4-10-12-7/h1-4H. The average molecular weight is 198 g/mol. The van der Waals surface area contributed by atoms with E-state index in [4.69, 9.17) is 11.6 Å². The van der Waals surface area contributed by atoms with E-state index in [0.717, 1.165) is 10.1 Å². The Labute approximate surface area is 77.9 Å². The molecule has 4 heteroatoms. The van der Waals surface area contributed by atoms with E-state index in [1.165, 1.54) is 11.5 Å². The van der Waals surface area contributed by atoms with Crippen molar-refractivity contribution in [2.75, 3.05) is 0 Å². The fourth-order valence-electron chi connectivity index (χ4n) is 0.995. The zero-order chi connectivity index (χ0) is 8.55. The monoisotopic (exact) mass is 197 g/mol. The fourth-order valence-corrected chi connectivity index (χ4v) is 1.74. The van der Waals surface area contributed by atoms with Gasteiger partial charge in [-0.25, -0.2) is 0 Å². The summed E-state index contributed by atoms with van der Waals surface area (Å²) in [5.41, 5.74) is 0.518. The van der Waals surface area contributed by atoms with E-state index >= 15 is 0 Å².